The highest BCUT2D eigenvalue weighted by Gasteiger charge is 2.31. The van der Waals surface area contributed by atoms with Gasteiger partial charge in [-0.05, 0) is 62.8 Å². The van der Waals surface area contributed by atoms with Gasteiger partial charge in [-0.15, -0.1) is 0 Å². The summed E-state index contributed by atoms with van der Waals surface area (Å²) >= 11 is 0. The fourth-order valence-electron chi connectivity index (χ4n) is 4.03. The molecule has 1 aliphatic heterocycles. The number of benzene rings is 1. The molecule has 3 rings (SSSR count). The first-order valence-electron chi connectivity index (χ1n) is 9.71. The Hall–Kier alpha value is -1.84. The van der Waals surface area contributed by atoms with Crippen molar-refractivity contribution in [2.75, 3.05) is 18.4 Å². The van der Waals surface area contributed by atoms with Crippen molar-refractivity contribution in [3.05, 3.63) is 29.3 Å². The molecule has 1 heterocycles. The van der Waals surface area contributed by atoms with E-state index in [-0.39, 0.29) is 17.7 Å². The summed E-state index contributed by atoms with van der Waals surface area (Å²) in [5.41, 5.74) is 3.28. The minimum absolute atomic E-state index is 0.0111. The van der Waals surface area contributed by atoms with Crippen molar-refractivity contribution >= 4 is 17.5 Å². The molecule has 0 spiro atoms. The molecule has 0 aromatic heterocycles. The van der Waals surface area contributed by atoms with E-state index in [1.165, 1.54) is 30.4 Å². The van der Waals surface area contributed by atoms with Crippen LogP contribution < -0.4 is 5.32 Å². The monoisotopic (exact) mass is 342 g/mol. The second-order valence-corrected chi connectivity index (χ2v) is 7.72. The Morgan fingerprint density at radius 1 is 0.920 bits per heavy atom. The number of piperidine rings is 1. The zero-order valence-corrected chi connectivity index (χ0v) is 15.5. The third-order valence-electron chi connectivity index (χ3n) is 5.91. The summed E-state index contributed by atoms with van der Waals surface area (Å²) < 4.78 is 0. The van der Waals surface area contributed by atoms with E-state index in [2.05, 4.69) is 19.2 Å². The van der Waals surface area contributed by atoms with Crippen molar-refractivity contribution in [1.29, 1.82) is 0 Å². The van der Waals surface area contributed by atoms with Crippen molar-refractivity contribution in [2.24, 2.45) is 11.8 Å². The molecule has 1 saturated heterocycles. The van der Waals surface area contributed by atoms with Gasteiger partial charge in [0.25, 0.3) is 0 Å². The topological polar surface area (TPSA) is 49.4 Å². The van der Waals surface area contributed by atoms with Crippen molar-refractivity contribution in [2.45, 2.75) is 58.8 Å². The average Bonchev–Trinajstić information content (AvgIpc) is 2.65. The molecular formula is C21H30N2O2. The summed E-state index contributed by atoms with van der Waals surface area (Å²) in [6.45, 7) is 5.57. The fourth-order valence-corrected chi connectivity index (χ4v) is 4.03. The van der Waals surface area contributed by atoms with Gasteiger partial charge in [-0.25, -0.2) is 0 Å². The molecule has 0 radical (unpaired) electrons. The third kappa shape index (κ3) is 4.42. The molecule has 0 unspecified atom stereocenters. The number of likely N-dealkylation sites (tertiary alicyclic amines) is 1. The van der Waals surface area contributed by atoms with Gasteiger partial charge in [-0.2, -0.15) is 0 Å². The van der Waals surface area contributed by atoms with Crippen LogP contribution >= 0.6 is 0 Å². The van der Waals surface area contributed by atoms with Crippen LogP contribution in [0.25, 0.3) is 0 Å². The Balaban J connectivity index is 1.50. The molecule has 136 valence electrons. The number of nitrogens with zero attached hydrogens (tertiary/aromatic N) is 1. The molecule has 25 heavy (non-hydrogen) atoms. The van der Waals surface area contributed by atoms with E-state index in [0.717, 1.165) is 44.5 Å². The predicted octanol–water partition coefficient (Wildman–Crippen LogP) is 4.06. The zero-order valence-electron chi connectivity index (χ0n) is 15.5. The summed E-state index contributed by atoms with van der Waals surface area (Å²) in [6.07, 6.45) is 7.28. The van der Waals surface area contributed by atoms with E-state index < -0.39 is 0 Å². The van der Waals surface area contributed by atoms with Crippen molar-refractivity contribution in [1.82, 2.24) is 4.90 Å². The predicted molar refractivity (Wildman–Crippen MR) is 100 cm³/mol. The molecule has 4 heteroatoms. The Bertz CT molecular complexity index is 627. The molecule has 1 N–H and O–H groups in total. The minimum Gasteiger partial charge on any atom is -0.342 e. The molecule has 1 aromatic carbocycles. The maximum Gasteiger partial charge on any atom is 0.227 e. The summed E-state index contributed by atoms with van der Waals surface area (Å²) in [5, 5.41) is 3.04. The van der Waals surface area contributed by atoms with E-state index in [9.17, 15) is 9.59 Å². The molecular weight excluding hydrogens is 312 g/mol. The summed E-state index contributed by atoms with van der Waals surface area (Å²) in [4.78, 5) is 27.1. The van der Waals surface area contributed by atoms with Gasteiger partial charge >= 0.3 is 0 Å². The lowest BCUT2D eigenvalue weighted by Gasteiger charge is -2.34. The van der Waals surface area contributed by atoms with E-state index in [0.29, 0.717) is 5.91 Å². The highest BCUT2D eigenvalue weighted by Crippen LogP contribution is 2.28. The lowest BCUT2D eigenvalue weighted by atomic mass is 9.87. The van der Waals surface area contributed by atoms with Crippen LogP contribution in [0.2, 0.25) is 0 Å². The number of hydrogen-bond donors (Lipinski definition) is 1. The van der Waals surface area contributed by atoms with Gasteiger partial charge in [0, 0.05) is 30.6 Å². The minimum atomic E-state index is 0.0111. The van der Waals surface area contributed by atoms with Crippen molar-refractivity contribution < 1.29 is 9.59 Å². The number of anilines is 1. The normalized spacial score (nSPS) is 19.7. The fraction of sp³-hybridized carbons (Fsp3) is 0.619. The van der Waals surface area contributed by atoms with Crippen LogP contribution in [0.15, 0.2) is 18.2 Å². The van der Waals surface area contributed by atoms with Gasteiger partial charge < -0.3 is 10.2 Å². The van der Waals surface area contributed by atoms with Gasteiger partial charge in [0.1, 0.15) is 0 Å². The third-order valence-corrected chi connectivity index (χ3v) is 5.91. The Morgan fingerprint density at radius 3 is 2.24 bits per heavy atom. The second-order valence-electron chi connectivity index (χ2n) is 7.72. The number of aryl methyl sites for hydroxylation is 2. The van der Waals surface area contributed by atoms with Crippen molar-refractivity contribution in [3.63, 3.8) is 0 Å². The number of carbonyl (C=O) groups excluding carboxylic acids is 2. The Morgan fingerprint density at radius 2 is 1.60 bits per heavy atom. The van der Waals surface area contributed by atoms with E-state index in [1.54, 1.807) is 0 Å². The molecule has 2 amide bonds. The highest BCUT2D eigenvalue weighted by molar-refractivity contribution is 5.93. The summed E-state index contributed by atoms with van der Waals surface area (Å²) in [7, 11) is 0. The van der Waals surface area contributed by atoms with Crippen LogP contribution in [0.5, 0.6) is 0 Å². The molecule has 4 nitrogen and oxygen atoms in total. The lowest BCUT2D eigenvalue weighted by molar-refractivity contribution is -0.139. The highest BCUT2D eigenvalue weighted by atomic mass is 16.2. The molecule has 1 aromatic rings. The quantitative estimate of drug-likeness (QED) is 0.900. The standard InChI is InChI=1S/C21H30N2O2/c1-15-8-9-19(14-16(15)2)22-20(24)17-10-12-23(13-11-17)21(25)18-6-4-3-5-7-18/h8-9,14,17-18H,3-7,10-13H2,1-2H3,(H,22,24). The first-order valence-corrected chi connectivity index (χ1v) is 9.71. The first kappa shape index (κ1) is 18.0. The number of nitrogens with one attached hydrogen (secondary N) is 1. The van der Waals surface area contributed by atoms with Gasteiger partial charge in [0.15, 0.2) is 0 Å². The number of hydrogen-bond acceptors (Lipinski definition) is 2. The number of rotatable bonds is 3. The molecule has 1 saturated carbocycles. The van der Waals surface area contributed by atoms with Crippen LogP contribution in [0, 0.1) is 25.7 Å². The first-order chi connectivity index (χ1) is 12.0. The second kappa shape index (κ2) is 8.03. The van der Waals surface area contributed by atoms with Gasteiger partial charge in [0.05, 0.1) is 0 Å². The Kier molecular flexibility index (Phi) is 5.77. The Labute approximate surface area is 151 Å². The van der Waals surface area contributed by atoms with Crippen LogP contribution in [0.1, 0.15) is 56.1 Å². The molecule has 1 aliphatic carbocycles. The summed E-state index contributed by atoms with van der Waals surface area (Å²) in [5.74, 6) is 0.660. The zero-order chi connectivity index (χ0) is 17.8. The summed E-state index contributed by atoms with van der Waals surface area (Å²) in [6, 6.07) is 6.02. The van der Waals surface area contributed by atoms with E-state index in [4.69, 9.17) is 0 Å². The van der Waals surface area contributed by atoms with Crippen LogP contribution in [0.4, 0.5) is 5.69 Å². The van der Waals surface area contributed by atoms with Crippen LogP contribution in [-0.2, 0) is 9.59 Å². The lowest BCUT2D eigenvalue weighted by Crippen LogP contribution is -2.44. The van der Waals surface area contributed by atoms with E-state index in [1.807, 2.05) is 23.1 Å². The van der Waals surface area contributed by atoms with Gasteiger partial charge in [0.2, 0.25) is 11.8 Å². The van der Waals surface area contributed by atoms with E-state index >= 15 is 0 Å². The molecule has 0 bridgehead atoms. The van der Waals surface area contributed by atoms with Crippen LogP contribution in [0.3, 0.4) is 0 Å². The van der Waals surface area contributed by atoms with Crippen LogP contribution in [-0.4, -0.2) is 29.8 Å². The van der Waals surface area contributed by atoms with Gasteiger partial charge in [-0.1, -0.05) is 25.3 Å². The smallest absolute Gasteiger partial charge is 0.227 e. The largest absolute Gasteiger partial charge is 0.342 e. The maximum atomic E-state index is 12.6. The maximum absolute atomic E-state index is 12.6. The molecule has 0 atom stereocenters. The molecule has 2 fully saturated rings. The SMILES string of the molecule is Cc1ccc(NC(=O)C2CCN(C(=O)C3CCCCC3)CC2)cc1C. The van der Waals surface area contributed by atoms with Crippen molar-refractivity contribution in [3.8, 4) is 0 Å². The average molecular weight is 342 g/mol. The number of amides is 2. The van der Waals surface area contributed by atoms with Gasteiger partial charge in [-0.3, -0.25) is 9.59 Å². The molecule has 2 aliphatic rings. The number of carbonyl (C=O) groups is 2.